The monoisotopic (exact) mass is 258 g/mol. The molecule has 1 aromatic heterocycles. The molecule has 0 aliphatic rings. The van der Waals surface area contributed by atoms with Crippen molar-refractivity contribution < 1.29 is 0 Å². The molecule has 1 heterocycles. The van der Waals surface area contributed by atoms with Crippen LogP contribution in [0.5, 0.6) is 0 Å². The fourth-order valence-corrected chi connectivity index (χ4v) is 1.90. The van der Waals surface area contributed by atoms with E-state index in [1.165, 1.54) is 6.07 Å². The Balaban J connectivity index is 2.22. The number of hydrogen-bond acceptors (Lipinski definition) is 4. The zero-order valence-corrected chi connectivity index (χ0v) is 11.2. The van der Waals surface area contributed by atoms with Gasteiger partial charge in [-0.25, -0.2) is 4.98 Å². The van der Waals surface area contributed by atoms with Gasteiger partial charge in [-0.15, -0.1) is 0 Å². The molecule has 0 spiro atoms. The predicted molar refractivity (Wildman–Crippen MR) is 77.2 cm³/mol. The molecule has 5 nitrogen and oxygen atoms in total. The van der Waals surface area contributed by atoms with Gasteiger partial charge in [0.15, 0.2) is 0 Å². The van der Waals surface area contributed by atoms with Gasteiger partial charge in [-0.3, -0.25) is 4.79 Å². The van der Waals surface area contributed by atoms with E-state index in [1.807, 2.05) is 43.1 Å². The van der Waals surface area contributed by atoms with E-state index in [0.29, 0.717) is 24.6 Å². The maximum absolute atomic E-state index is 11.5. The molecule has 0 aliphatic carbocycles. The largest absolute Gasteiger partial charge is 0.399 e. The summed E-state index contributed by atoms with van der Waals surface area (Å²) in [5.74, 6) is 1.37. The predicted octanol–water partition coefficient (Wildman–Crippen LogP) is 1.55. The van der Waals surface area contributed by atoms with E-state index in [-0.39, 0.29) is 5.56 Å². The molecule has 3 N–H and O–H groups in total. The lowest BCUT2D eigenvalue weighted by molar-refractivity contribution is 0.850. The molecule has 1 aromatic carbocycles. The van der Waals surface area contributed by atoms with Crippen molar-refractivity contribution in [1.29, 1.82) is 0 Å². The fourth-order valence-electron chi connectivity index (χ4n) is 1.90. The molecule has 19 heavy (non-hydrogen) atoms. The highest BCUT2D eigenvalue weighted by Gasteiger charge is 2.06. The van der Waals surface area contributed by atoms with Gasteiger partial charge >= 0.3 is 0 Å². The smallest absolute Gasteiger partial charge is 0.252 e. The summed E-state index contributed by atoms with van der Waals surface area (Å²) >= 11 is 0. The number of benzene rings is 1. The van der Waals surface area contributed by atoms with Crippen molar-refractivity contribution in [3.05, 3.63) is 52.1 Å². The van der Waals surface area contributed by atoms with Crippen LogP contribution in [0.3, 0.4) is 0 Å². The summed E-state index contributed by atoms with van der Waals surface area (Å²) in [6.45, 7) is 2.62. The zero-order chi connectivity index (χ0) is 13.8. The third-order valence-electron chi connectivity index (χ3n) is 2.87. The van der Waals surface area contributed by atoms with E-state index in [0.717, 1.165) is 11.3 Å². The van der Waals surface area contributed by atoms with Crippen molar-refractivity contribution in [2.45, 2.75) is 19.9 Å². The summed E-state index contributed by atoms with van der Waals surface area (Å²) < 4.78 is 0. The Bertz CT molecular complexity index is 621. The van der Waals surface area contributed by atoms with Crippen molar-refractivity contribution in [3.63, 3.8) is 0 Å². The van der Waals surface area contributed by atoms with Gasteiger partial charge < -0.3 is 15.6 Å². The fraction of sp³-hybridized carbons (Fsp3) is 0.286. The van der Waals surface area contributed by atoms with Crippen LogP contribution in [0.1, 0.15) is 18.3 Å². The Morgan fingerprint density at radius 3 is 2.84 bits per heavy atom. The summed E-state index contributed by atoms with van der Waals surface area (Å²) in [6.07, 6.45) is 0.704. The highest BCUT2D eigenvalue weighted by Crippen LogP contribution is 2.13. The number of aryl methyl sites for hydroxylation is 1. The number of hydrogen-bond donors (Lipinski definition) is 2. The van der Waals surface area contributed by atoms with Gasteiger partial charge in [-0.2, -0.15) is 0 Å². The van der Waals surface area contributed by atoms with Crippen LogP contribution in [0.4, 0.5) is 11.5 Å². The van der Waals surface area contributed by atoms with Crippen molar-refractivity contribution in [3.8, 4) is 0 Å². The van der Waals surface area contributed by atoms with E-state index >= 15 is 0 Å². The van der Waals surface area contributed by atoms with Crippen LogP contribution >= 0.6 is 0 Å². The van der Waals surface area contributed by atoms with Crippen molar-refractivity contribution in [2.75, 3.05) is 17.7 Å². The standard InChI is InChI=1S/C14H18N4O/c1-3-12-16-13(8-14(19)17-12)18(2)9-10-5-4-6-11(15)7-10/h4-8H,3,9,15H2,1-2H3,(H,16,17,19). The minimum atomic E-state index is -0.124. The first kappa shape index (κ1) is 13.1. The van der Waals surface area contributed by atoms with Crippen molar-refractivity contribution in [1.82, 2.24) is 9.97 Å². The van der Waals surface area contributed by atoms with Crippen LogP contribution in [-0.4, -0.2) is 17.0 Å². The molecule has 0 bridgehead atoms. The number of nitrogen functional groups attached to an aromatic ring is 1. The molecular weight excluding hydrogens is 240 g/mol. The van der Waals surface area contributed by atoms with Crippen LogP contribution in [0, 0.1) is 0 Å². The van der Waals surface area contributed by atoms with Crippen molar-refractivity contribution >= 4 is 11.5 Å². The minimum Gasteiger partial charge on any atom is -0.399 e. The Labute approximate surface area is 112 Å². The average molecular weight is 258 g/mol. The lowest BCUT2D eigenvalue weighted by Gasteiger charge is -2.18. The molecule has 0 radical (unpaired) electrons. The first-order valence-electron chi connectivity index (χ1n) is 6.24. The first-order chi connectivity index (χ1) is 9.08. The number of H-pyrrole nitrogens is 1. The van der Waals surface area contributed by atoms with Gasteiger partial charge in [0.05, 0.1) is 0 Å². The highest BCUT2D eigenvalue weighted by atomic mass is 16.1. The summed E-state index contributed by atoms with van der Waals surface area (Å²) in [5, 5.41) is 0. The molecule has 0 saturated heterocycles. The average Bonchev–Trinajstić information content (AvgIpc) is 2.38. The molecular formula is C14H18N4O. The highest BCUT2D eigenvalue weighted by molar-refractivity contribution is 5.43. The summed E-state index contributed by atoms with van der Waals surface area (Å²) in [6, 6.07) is 9.20. The maximum Gasteiger partial charge on any atom is 0.252 e. The summed E-state index contributed by atoms with van der Waals surface area (Å²) in [5.41, 5.74) is 7.45. The molecule has 0 amide bonds. The van der Waals surface area contributed by atoms with Crippen LogP contribution in [0.2, 0.25) is 0 Å². The maximum atomic E-state index is 11.5. The Kier molecular flexibility index (Phi) is 3.85. The number of nitrogens with two attached hydrogens (primary N) is 1. The molecule has 0 atom stereocenters. The zero-order valence-electron chi connectivity index (χ0n) is 11.2. The summed E-state index contributed by atoms with van der Waals surface area (Å²) in [4.78, 5) is 20.6. The molecule has 0 unspecified atom stereocenters. The van der Waals surface area contributed by atoms with Gasteiger partial charge in [-0.05, 0) is 17.7 Å². The van der Waals surface area contributed by atoms with Crippen molar-refractivity contribution in [2.24, 2.45) is 0 Å². The number of aromatic amines is 1. The topological polar surface area (TPSA) is 75.0 Å². The van der Waals surface area contributed by atoms with Gasteiger partial charge in [0.25, 0.3) is 5.56 Å². The van der Waals surface area contributed by atoms with E-state index in [1.54, 1.807) is 0 Å². The number of anilines is 2. The molecule has 0 aliphatic heterocycles. The molecule has 0 fully saturated rings. The van der Waals surface area contributed by atoms with Crippen LogP contribution < -0.4 is 16.2 Å². The molecule has 0 saturated carbocycles. The Hall–Kier alpha value is -2.30. The third-order valence-corrected chi connectivity index (χ3v) is 2.87. The van der Waals surface area contributed by atoms with E-state index in [9.17, 15) is 4.79 Å². The van der Waals surface area contributed by atoms with Crippen LogP contribution in [0.25, 0.3) is 0 Å². The van der Waals surface area contributed by atoms with Gasteiger partial charge in [0.1, 0.15) is 11.6 Å². The van der Waals surface area contributed by atoms with Gasteiger partial charge in [-0.1, -0.05) is 19.1 Å². The quantitative estimate of drug-likeness (QED) is 0.816. The molecule has 5 heteroatoms. The van der Waals surface area contributed by atoms with E-state index < -0.39 is 0 Å². The van der Waals surface area contributed by atoms with Gasteiger partial charge in [0, 0.05) is 31.8 Å². The lowest BCUT2D eigenvalue weighted by Crippen LogP contribution is -2.22. The van der Waals surface area contributed by atoms with E-state index in [2.05, 4.69) is 9.97 Å². The SMILES string of the molecule is CCc1nc(N(C)Cc2cccc(N)c2)cc(=O)[nH]1. The van der Waals surface area contributed by atoms with E-state index in [4.69, 9.17) is 5.73 Å². The number of nitrogens with zero attached hydrogens (tertiary/aromatic N) is 2. The third kappa shape index (κ3) is 3.34. The number of rotatable bonds is 4. The Morgan fingerprint density at radius 1 is 1.37 bits per heavy atom. The first-order valence-corrected chi connectivity index (χ1v) is 6.24. The summed E-state index contributed by atoms with van der Waals surface area (Å²) in [7, 11) is 1.91. The van der Waals surface area contributed by atoms with Gasteiger partial charge in [0.2, 0.25) is 0 Å². The van der Waals surface area contributed by atoms with Crippen LogP contribution in [-0.2, 0) is 13.0 Å². The molecule has 2 rings (SSSR count). The second-order valence-electron chi connectivity index (χ2n) is 4.50. The molecule has 100 valence electrons. The lowest BCUT2D eigenvalue weighted by atomic mass is 10.2. The second-order valence-corrected chi connectivity index (χ2v) is 4.50. The number of nitrogens with one attached hydrogen (secondary N) is 1. The normalized spacial score (nSPS) is 10.4. The second kappa shape index (κ2) is 5.56. The number of aromatic nitrogens is 2. The Morgan fingerprint density at radius 2 is 2.16 bits per heavy atom. The molecule has 2 aromatic rings. The van der Waals surface area contributed by atoms with Crippen LogP contribution in [0.15, 0.2) is 35.1 Å². The minimum absolute atomic E-state index is 0.124.